The van der Waals surface area contributed by atoms with Gasteiger partial charge in [0.05, 0.1) is 5.60 Å². The molecule has 4 heteroatoms. The quantitative estimate of drug-likeness (QED) is 0.656. The summed E-state index contributed by atoms with van der Waals surface area (Å²) in [5.74, 6) is -1.17. The van der Waals surface area contributed by atoms with E-state index in [1.165, 1.54) is 4.90 Å². The molecule has 2 aromatic carbocycles. The topological polar surface area (TPSA) is 57.6 Å². The Labute approximate surface area is 142 Å². The summed E-state index contributed by atoms with van der Waals surface area (Å²) in [6.07, 6.45) is 0. The number of hydrogen-bond donors (Lipinski definition) is 1. The van der Waals surface area contributed by atoms with Crippen LogP contribution in [0.2, 0.25) is 0 Å². The van der Waals surface area contributed by atoms with Gasteiger partial charge in [-0.1, -0.05) is 60.2 Å². The van der Waals surface area contributed by atoms with E-state index in [0.29, 0.717) is 5.56 Å². The molecular formula is C20H23NO3. The largest absolute Gasteiger partial charge is 0.389 e. The van der Waals surface area contributed by atoms with Gasteiger partial charge in [0.15, 0.2) is 0 Å². The number of carbonyl (C=O) groups excluding carboxylic acids is 2. The molecule has 0 heterocycles. The fourth-order valence-electron chi connectivity index (χ4n) is 2.44. The molecule has 24 heavy (non-hydrogen) atoms. The number of hydrogen-bond acceptors (Lipinski definition) is 3. The first-order chi connectivity index (χ1) is 11.3. The molecule has 0 aromatic heterocycles. The number of Topliss-reactive ketones (excluding diaryl/α,β-unsaturated/α-hetero) is 1. The monoisotopic (exact) mass is 325 g/mol. The van der Waals surface area contributed by atoms with Crippen molar-refractivity contribution in [3.63, 3.8) is 0 Å². The highest BCUT2D eigenvalue weighted by Crippen LogP contribution is 2.13. The average Bonchev–Trinajstić information content (AvgIpc) is 2.53. The standard InChI is InChI=1S/C20H23NO3/c1-15-9-11-17(12-10-15)18(22)19(23)21(14-20(2,3)24)13-16-7-5-4-6-8-16/h4-12,24H,13-14H2,1-3H3. The van der Waals surface area contributed by atoms with E-state index in [2.05, 4.69) is 0 Å². The highest BCUT2D eigenvalue weighted by atomic mass is 16.3. The Kier molecular flexibility index (Phi) is 5.52. The molecule has 0 spiro atoms. The number of amides is 1. The summed E-state index contributed by atoms with van der Waals surface area (Å²) >= 11 is 0. The third kappa shape index (κ3) is 5.03. The van der Waals surface area contributed by atoms with Crippen molar-refractivity contribution >= 4 is 11.7 Å². The van der Waals surface area contributed by atoms with Crippen molar-refractivity contribution in [2.45, 2.75) is 32.9 Å². The van der Waals surface area contributed by atoms with Crippen molar-refractivity contribution in [1.82, 2.24) is 4.90 Å². The second-order valence-corrected chi connectivity index (χ2v) is 6.65. The number of benzene rings is 2. The molecule has 0 saturated carbocycles. The molecule has 0 radical (unpaired) electrons. The van der Waals surface area contributed by atoms with E-state index in [9.17, 15) is 14.7 Å². The van der Waals surface area contributed by atoms with E-state index in [4.69, 9.17) is 0 Å². The Bertz CT molecular complexity index is 700. The molecule has 0 unspecified atom stereocenters. The summed E-state index contributed by atoms with van der Waals surface area (Å²) in [6.45, 7) is 5.52. The molecule has 126 valence electrons. The molecule has 0 fully saturated rings. The van der Waals surface area contributed by atoms with Gasteiger partial charge >= 0.3 is 0 Å². The highest BCUT2D eigenvalue weighted by Gasteiger charge is 2.27. The van der Waals surface area contributed by atoms with Gasteiger partial charge in [0.2, 0.25) is 5.78 Å². The fraction of sp³-hybridized carbons (Fsp3) is 0.300. The Morgan fingerprint density at radius 3 is 2.12 bits per heavy atom. The second-order valence-electron chi connectivity index (χ2n) is 6.65. The summed E-state index contributed by atoms with van der Waals surface area (Å²) < 4.78 is 0. The van der Waals surface area contributed by atoms with Crippen LogP contribution in [0.4, 0.5) is 0 Å². The summed E-state index contributed by atoms with van der Waals surface area (Å²) in [5, 5.41) is 10.1. The molecule has 0 atom stereocenters. The van der Waals surface area contributed by atoms with Crippen LogP contribution in [0.5, 0.6) is 0 Å². The molecule has 0 bridgehead atoms. The van der Waals surface area contributed by atoms with Gasteiger partial charge in [0.1, 0.15) is 0 Å². The third-order valence-electron chi connectivity index (χ3n) is 3.59. The second kappa shape index (κ2) is 7.41. The lowest BCUT2D eigenvalue weighted by molar-refractivity contribution is -0.130. The molecule has 1 N–H and O–H groups in total. The zero-order valence-corrected chi connectivity index (χ0v) is 14.3. The minimum Gasteiger partial charge on any atom is -0.389 e. The maximum Gasteiger partial charge on any atom is 0.295 e. The van der Waals surface area contributed by atoms with Crippen LogP contribution in [-0.4, -0.2) is 33.8 Å². The summed E-state index contributed by atoms with van der Waals surface area (Å²) in [6, 6.07) is 16.3. The fourth-order valence-corrected chi connectivity index (χ4v) is 2.44. The van der Waals surface area contributed by atoms with E-state index in [1.54, 1.807) is 38.1 Å². The first-order valence-electron chi connectivity index (χ1n) is 7.93. The first-order valence-corrected chi connectivity index (χ1v) is 7.93. The summed E-state index contributed by atoms with van der Waals surface area (Å²) in [4.78, 5) is 26.6. The Morgan fingerprint density at radius 2 is 1.58 bits per heavy atom. The maximum absolute atomic E-state index is 12.7. The zero-order valence-electron chi connectivity index (χ0n) is 14.3. The molecule has 4 nitrogen and oxygen atoms in total. The first kappa shape index (κ1) is 17.9. The van der Waals surface area contributed by atoms with Crippen LogP contribution in [0, 0.1) is 6.92 Å². The lowest BCUT2D eigenvalue weighted by Crippen LogP contribution is -2.44. The Hall–Kier alpha value is -2.46. The molecule has 0 aliphatic heterocycles. The predicted octanol–water partition coefficient (Wildman–Crippen LogP) is 2.98. The van der Waals surface area contributed by atoms with Gasteiger partial charge in [-0.25, -0.2) is 0 Å². The van der Waals surface area contributed by atoms with Crippen molar-refractivity contribution in [3.8, 4) is 0 Å². The lowest BCUT2D eigenvalue weighted by atomic mass is 10.0. The number of carbonyl (C=O) groups is 2. The van der Waals surface area contributed by atoms with Crippen molar-refractivity contribution < 1.29 is 14.7 Å². The molecule has 0 aliphatic carbocycles. The van der Waals surface area contributed by atoms with Crippen LogP contribution < -0.4 is 0 Å². The van der Waals surface area contributed by atoms with Crippen molar-refractivity contribution in [2.75, 3.05) is 6.54 Å². The van der Waals surface area contributed by atoms with Crippen LogP contribution in [-0.2, 0) is 11.3 Å². The smallest absolute Gasteiger partial charge is 0.295 e. The van der Waals surface area contributed by atoms with E-state index in [0.717, 1.165) is 11.1 Å². The van der Waals surface area contributed by atoms with E-state index < -0.39 is 17.3 Å². The maximum atomic E-state index is 12.7. The van der Waals surface area contributed by atoms with Crippen molar-refractivity contribution in [1.29, 1.82) is 0 Å². The number of rotatable bonds is 6. The molecule has 0 saturated heterocycles. The summed E-state index contributed by atoms with van der Waals surface area (Å²) in [5.41, 5.74) is 1.21. The van der Waals surface area contributed by atoms with Crippen LogP contribution in [0.1, 0.15) is 35.3 Å². The highest BCUT2D eigenvalue weighted by molar-refractivity contribution is 6.42. The van der Waals surface area contributed by atoms with E-state index in [1.807, 2.05) is 37.3 Å². The van der Waals surface area contributed by atoms with Gasteiger partial charge in [-0.05, 0) is 26.3 Å². The normalized spacial score (nSPS) is 11.2. The minimum absolute atomic E-state index is 0.0817. The van der Waals surface area contributed by atoms with Gasteiger partial charge in [-0.3, -0.25) is 9.59 Å². The molecule has 2 rings (SSSR count). The lowest BCUT2D eigenvalue weighted by Gasteiger charge is -2.28. The SMILES string of the molecule is Cc1ccc(C(=O)C(=O)N(Cc2ccccc2)CC(C)(C)O)cc1. The number of aliphatic hydroxyl groups is 1. The molecule has 0 aliphatic rings. The van der Waals surface area contributed by atoms with Gasteiger partial charge in [0, 0.05) is 18.7 Å². The van der Waals surface area contributed by atoms with Crippen LogP contribution in [0.3, 0.4) is 0 Å². The van der Waals surface area contributed by atoms with Crippen LogP contribution >= 0.6 is 0 Å². The predicted molar refractivity (Wildman–Crippen MR) is 93.7 cm³/mol. The average molecular weight is 325 g/mol. The molecular weight excluding hydrogens is 302 g/mol. The number of ketones is 1. The Morgan fingerprint density at radius 1 is 1.00 bits per heavy atom. The van der Waals surface area contributed by atoms with Crippen LogP contribution in [0.25, 0.3) is 0 Å². The number of aryl methyl sites for hydroxylation is 1. The summed E-state index contributed by atoms with van der Waals surface area (Å²) in [7, 11) is 0. The van der Waals surface area contributed by atoms with Gasteiger partial charge < -0.3 is 10.0 Å². The van der Waals surface area contributed by atoms with Gasteiger partial charge in [-0.2, -0.15) is 0 Å². The molecule has 1 amide bonds. The van der Waals surface area contributed by atoms with Crippen LogP contribution in [0.15, 0.2) is 54.6 Å². The third-order valence-corrected chi connectivity index (χ3v) is 3.59. The van der Waals surface area contributed by atoms with E-state index >= 15 is 0 Å². The van der Waals surface area contributed by atoms with Crippen molar-refractivity contribution in [2.24, 2.45) is 0 Å². The van der Waals surface area contributed by atoms with Crippen molar-refractivity contribution in [3.05, 3.63) is 71.3 Å². The molecule has 2 aromatic rings. The van der Waals surface area contributed by atoms with Gasteiger partial charge in [-0.15, -0.1) is 0 Å². The zero-order chi connectivity index (χ0) is 17.7. The minimum atomic E-state index is -1.09. The Balaban J connectivity index is 2.23. The number of nitrogens with zero attached hydrogens (tertiary/aromatic N) is 1. The van der Waals surface area contributed by atoms with E-state index in [-0.39, 0.29) is 13.1 Å². The van der Waals surface area contributed by atoms with Gasteiger partial charge in [0.25, 0.3) is 5.91 Å².